The normalized spacial score (nSPS) is 10.8. The standard InChI is InChI=1S/C17H38N2.ClH/c1-19(2)17-15-13-11-9-7-5-3-4-6-8-10-12-14-16-18;/h3-18H2,1-2H3;1H. The van der Waals surface area contributed by atoms with Crippen LogP contribution in [0.2, 0.25) is 0 Å². The lowest BCUT2D eigenvalue weighted by molar-refractivity contribution is -0.858. The summed E-state index contributed by atoms with van der Waals surface area (Å²) >= 11 is 0. The minimum atomic E-state index is 0. The van der Waals surface area contributed by atoms with Crippen molar-refractivity contribution in [3.05, 3.63) is 0 Å². The molecule has 2 nitrogen and oxygen atoms in total. The van der Waals surface area contributed by atoms with Gasteiger partial charge in [0.15, 0.2) is 0 Å². The molecule has 3 heteroatoms. The van der Waals surface area contributed by atoms with E-state index in [9.17, 15) is 0 Å². The van der Waals surface area contributed by atoms with Crippen molar-refractivity contribution in [3.63, 3.8) is 0 Å². The molecule has 20 heavy (non-hydrogen) atoms. The summed E-state index contributed by atoms with van der Waals surface area (Å²) < 4.78 is 0. The molecule has 124 valence electrons. The molecule has 0 heterocycles. The highest BCUT2D eigenvalue weighted by atomic mass is 35.5. The van der Waals surface area contributed by atoms with Crippen LogP contribution in [-0.4, -0.2) is 27.2 Å². The van der Waals surface area contributed by atoms with Gasteiger partial charge in [0, 0.05) is 0 Å². The Bertz CT molecular complexity index is 163. The lowest BCUT2D eigenvalue weighted by Crippen LogP contribution is -3.05. The summed E-state index contributed by atoms with van der Waals surface area (Å²) in [6.45, 7) is 2.21. The van der Waals surface area contributed by atoms with Crippen molar-refractivity contribution >= 4 is 0 Å². The summed E-state index contributed by atoms with van der Waals surface area (Å²) in [5.74, 6) is 0. The zero-order valence-corrected chi connectivity index (χ0v) is 14.8. The molecule has 0 atom stereocenters. The second kappa shape index (κ2) is 19.2. The number of rotatable bonds is 15. The molecule has 0 aromatic heterocycles. The van der Waals surface area contributed by atoms with Crippen molar-refractivity contribution in [1.29, 1.82) is 0 Å². The summed E-state index contributed by atoms with van der Waals surface area (Å²) in [4.78, 5) is 1.59. The molecular formula is C17H39ClN2. The third-order valence-corrected chi connectivity index (χ3v) is 3.88. The predicted octanol–water partition coefficient (Wildman–Crippen LogP) is 0.165. The maximum absolute atomic E-state index is 5.48. The summed E-state index contributed by atoms with van der Waals surface area (Å²) in [6, 6.07) is 0. The van der Waals surface area contributed by atoms with Crippen LogP contribution in [-0.2, 0) is 0 Å². The van der Waals surface area contributed by atoms with Crippen LogP contribution in [0.15, 0.2) is 0 Å². The number of nitrogens with one attached hydrogen (secondary N) is 1. The Balaban J connectivity index is 0. The Labute approximate surface area is 134 Å². The molecule has 0 spiro atoms. The average molecular weight is 307 g/mol. The van der Waals surface area contributed by atoms with Gasteiger partial charge in [0.25, 0.3) is 0 Å². The van der Waals surface area contributed by atoms with Gasteiger partial charge < -0.3 is 23.0 Å². The first-order chi connectivity index (χ1) is 9.27. The zero-order chi connectivity index (χ0) is 14.2. The number of hydrogen-bond acceptors (Lipinski definition) is 1. The third-order valence-electron chi connectivity index (χ3n) is 3.88. The molecule has 0 amide bonds. The highest BCUT2D eigenvalue weighted by molar-refractivity contribution is 4.49. The van der Waals surface area contributed by atoms with Gasteiger partial charge in [-0.2, -0.15) is 0 Å². The van der Waals surface area contributed by atoms with E-state index >= 15 is 0 Å². The monoisotopic (exact) mass is 306 g/mol. The fourth-order valence-corrected chi connectivity index (χ4v) is 2.57. The molecule has 0 saturated carbocycles. The molecule has 0 bridgehead atoms. The predicted molar refractivity (Wildman–Crippen MR) is 86.8 cm³/mol. The number of halogens is 1. The van der Waals surface area contributed by atoms with Crippen LogP contribution in [0, 0.1) is 0 Å². The maximum Gasteiger partial charge on any atom is 0.0766 e. The quantitative estimate of drug-likeness (QED) is 0.415. The third kappa shape index (κ3) is 20.5. The second-order valence-electron chi connectivity index (χ2n) is 6.34. The van der Waals surface area contributed by atoms with Crippen LogP contribution < -0.4 is 23.0 Å². The summed E-state index contributed by atoms with van der Waals surface area (Å²) in [6.07, 6.45) is 18.4. The Hall–Kier alpha value is 0.210. The number of unbranched alkanes of at least 4 members (excludes halogenated alkanes) is 12. The fourth-order valence-electron chi connectivity index (χ4n) is 2.57. The number of hydrogen-bond donors (Lipinski definition) is 2. The minimum absolute atomic E-state index is 0. The molecule has 0 aliphatic rings. The van der Waals surface area contributed by atoms with Gasteiger partial charge in [0.1, 0.15) is 0 Å². The van der Waals surface area contributed by atoms with Crippen LogP contribution in [0.3, 0.4) is 0 Å². The minimum Gasteiger partial charge on any atom is -1.00 e. The van der Waals surface area contributed by atoms with E-state index in [1.165, 1.54) is 90.0 Å². The lowest BCUT2D eigenvalue weighted by Gasteiger charge is -2.06. The topological polar surface area (TPSA) is 30.5 Å². The number of nitrogens with two attached hydrogens (primary N) is 1. The molecular weight excluding hydrogens is 268 g/mol. The van der Waals surface area contributed by atoms with Crippen LogP contribution in [0.25, 0.3) is 0 Å². The van der Waals surface area contributed by atoms with E-state index in [0.29, 0.717) is 0 Å². The van der Waals surface area contributed by atoms with Crippen molar-refractivity contribution in [1.82, 2.24) is 0 Å². The first kappa shape index (κ1) is 22.5. The van der Waals surface area contributed by atoms with E-state index in [1.807, 2.05) is 0 Å². The maximum atomic E-state index is 5.48. The fraction of sp³-hybridized carbons (Fsp3) is 1.00. The Morgan fingerprint density at radius 2 is 0.850 bits per heavy atom. The van der Waals surface area contributed by atoms with Crippen molar-refractivity contribution in [2.24, 2.45) is 5.73 Å². The van der Waals surface area contributed by atoms with Gasteiger partial charge in [-0.05, 0) is 25.8 Å². The van der Waals surface area contributed by atoms with E-state index in [1.54, 1.807) is 4.90 Å². The first-order valence-corrected chi connectivity index (χ1v) is 8.76. The summed E-state index contributed by atoms with van der Waals surface area (Å²) in [5, 5.41) is 0. The Kier molecular flexibility index (Phi) is 21.6. The molecule has 0 fully saturated rings. The van der Waals surface area contributed by atoms with Crippen LogP contribution in [0.5, 0.6) is 0 Å². The molecule has 0 aromatic carbocycles. The van der Waals surface area contributed by atoms with E-state index in [4.69, 9.17) is 5.73 Å². The summed E-state index contributed by atoms with van der Waals surface area (Å²) in [5.41, 5.74) is 5.48. The highest BCUT2D eigenvalue weighted by Crippen LogP contribution is 2.12. The molecule has 0 aliphatic heterocycles. The highest BCUT2D eigenvalue weighted by Gasteiger charge is 1.95. The van der Waals surface area contributed by atoms with Gasteiger partial charge in [-0.1, -0.05) is 64.2 Å². The first-order valence-electron chi connectivity index (χ1n) is 8.76. The van der Waals surface area contributed by atoms with Gasteiger partial charge in [-0.3, -0.25) is 0 Å². The molecule has 0 radical (unpaired) electrons. The molecule has 0 aliphatic carbocycles. The van der Waals surface area contributed by atoms with Crippen molar-refractivity contribution < 1.29 is 17.3 Å². The van der Waals surface area contributed by atoms with E-state index in [0.717, 1.165) is 6.54 Å². The van der Waals surface area contributed by atoms with Gasteiger partial charge in [0.05, 0.1) is 20.6 Å². The van der Waals surface area contributed by atoms with E-state index < -0.39 is 0 Å². The Morgan fingerprint density at radius 1 is 0.550 bits per heavy atom. The zero-order valence-electron chi connectivity index (χ0n) is 14.1. The largest absolute Gasteiger partial charge is 1.00 e. The van der Waals surface area contributed by atoms with Gasteiger partial charge in [-0.15, -0.1) is 0 Å². The molecule has 0 unspecified atom stereocenters. The average Bonchev–Trinajstić information content (AvgIpc) is 2.39. The van der Waals surface area contributed by atoms with Crippen molar-refractivity contribution in [2.45, 2.75) is 83.5 Å². The van der Waals surface area contributed by atoms with Crippen molar-refractivity contribution in [3.8, 4) is 0 Å². The number of quaternary nitrogens is 1. The second-order valence-corrected chi connectivity index (χ2v) is 6.34. The SMILES string of the molecule is C[NH+](C)CCCCCCCCCCCCCCCN.[Cl-]. The van der Waals surface area contributed by atoms with E-state index in [-0.39, 0.29) is 12.4 Å². The summed E-state index contributed by atoms with van der Waals surface area (Å²) in [7, 11) is 4.49. The van der Waals surface area contributed by atoms with E-state index in [2.05, 4.69) is 14.1 Å². The Morgan fingerprint density at radius 3 is 1.15 bits per heavy atom. The molecule has 3 N–H and O–H groups in total. The lowest BCUT2D eigenvalue weighted by atomic mass is 10.0. The van der Waals surface area contributed by atoms with Crippen LogP contribution >= 0.6 is 0 Å². The van der Waals surface area contributed by atoms with Crippen LogP contribution in [0.4, 0.5) is 0 Å². The van der Waals surface area contributed by atoms with Crippen LogP contribution in [0.1, 0.15) is 83.5 Å². The van der Waals surface area contributed by atoms with Gasteiger partial charge >= 0.3 is 0 Å². The van der Waals surface area contributed by atoms with Crippen molar-refractivity contribution in [2.75, 3.05) is 27.2 Å². The molecule has 0 aromatic rings. The molecule has 0 rings (SSSR count). The van der Waals surface area contributed by atoms with Gasteiger partial charge in [0.2, 0.25) is 0 Å². The smallest absolute Gasteiger partial charge is 0.0766 e. The molecule has 0 saturated heterocycles. The van der Waals surface area contributed by atoms with Gasteiger partial charge in [-0.25, -0.2) is 0 Å².